The summed E-state index contributed by atoms with van der Waals surface area (Å²) in [6.07, 6.45) is 0. The maximum absolute atomic E-state index is 11.9. The number of aliphatic hydroxyl groups is 1. The zero-order valence-corrected chi connectivity index (χ0v) is 18.3. The van der Waals surface area contributed by atoms with E-state index in [4.69, 9.17) is 5.73 Å². The Morgan fingerprint density at radius 3 is 1.11 bits per heavy atom. The van der Waals surface area contributed by atoms with Crippen LogP contribution in [0.1, 0.15) is 77.6 Å². The van der Waals surface area contributed by atoms with E-state index in [0.29, 0.717) is 0 Å². The summed E-state index contributed by atoms with van der Waals surface area (Å²) in [5.74, 6) is 0.139. The summed E-state index contributed by atoms with van der Waals surface area (Å²) in [7, 11) is 0. The molecule has 0 heterocycles. The van der Waals surface area contributed by atoms with Crippen LogP contribution in [-0.2, 0) is 16.4 Å². The Balaban J connectivity index is 2.56. The Hall–Kier alpha value is -1.64. The van der Waals surface area contributed by atoms with Crippen LogP contribution >= 0.6 is 0 Å². The van der Waals surface area contributed by atoms with Crippen molar-refractivity contribution in [2.45, 2.75) is 77.9 Å². The highest BCUT2D eigenvalue weighted by Gasteiger charge is 2.40. The summed E-state index contributed by atoms with van der Waals surface area (Å²) in [6.45, 7) is 17.3. The second-order valence-corrected chi connectivity index (χ2v) is 10.2. The summed E-state index contributed by atoms with van der Waals surface area (Å²) in [5, 5.41) is 11.9. The van der Waals surface area contributed by atoms with E-state index in [2.05, 4.69) is 79.7 Å². The summed E-state index contributed by atoms with van der Waals surface area (Å²) in [5.41, 5.74) is 9.67. The van der Waals surface area contributed by atoms with Crippen molar-refractivity contribution in [3.63, 3.8) is 0 Å². The molecule has 0 saturated carbocycles. The molecule has 2 rings (SSSR count). The molecule has 0 aliphatic rings. The minimum Gasteiger partial charge on any atom is -0.379 e. The first-order valence-corrected chi connectivity index (χ1v) is 9.98. The van der Waals surface area contributed by atoms with E-state index in [1.165, 1.54) is 11.1 Å². The molecule has 0 aromatic heterocycles. The molecule has 2 aromatic carbocycles. The third-order valence-electron chi connectivity index (χ3n) is 5.58. The Morgan fingerprint density at radius 1 is 0.630 bits per heavy atom. The fraction of sp³-hybridized carbons (Fsp3) is 0.520. The van der Waals surface area contributed by atoms with Gasteiger partial charge in [0, 0.05) is 6.04 Å². The van der Waals surface area contributed by atoms with Gasteiger partial charge >= 0.3 is 0 Å². The molecule has 1 atom stereocenters. The van der Waals surface area contributed by atoms with Crippen molar-refractivity contribution in [1.29, 1.82) is 0 Å². The first-order valence-electron chi connectivity index (χ1n) is 9.98. The fourth-order valence-corrected chi connectivity index (χ4v) is 3.48. The average Bonchev–Trinajstić information content (AvgIpc) is 2.59. The van der Waals surface area contributed by atoms with Crippen molar-refractivity contribution >= 4 is 0 Å². The molecule has 0 unspecified atom stereocenters. The SMILES string of the molecule is CC(C)[C@@H](N)C(O)(c1ccc(C(C)(C)C)cc1)c1ccc(C(C)(C)C)cc1. The number of nitrogens with two attached hydrogens (primary N) is 1. The molecule has 0 radical (unpaired) electrons. The van der Waals surface area contributed by atoms with Crippen LogP contribution in [0, 0.1) is 5.92 Å². The van der Waals surface area contributed by atoms with Gasteiger partial charge in [0.05, 0.1) is 0 Å². The predicted molar refractivity (Wildman–Crippen MR) is 116 cm³/mol. The van der Waals surface area contributed by atoms with Crippen LogP contribution in [-0.4, -0.2) is 11.1 Å². The summed E-state index contributed by atoms with van der Waals surface area (Å²) in [4.78, 5) is 0. The lowest BCUT2D eigenvalue weighted by Gasteiger charge is -2.38. The zero-order valence-electron chi connectivity index (χ0n) is 18.3. The van der Waals surface area contributed by atoms with E-state index >= 15 is 0 Å². The van der Waals surface area contributed by atoms with E-state index < -0.39 is 11.6 Å². The largest absolute Gasteiger partial charge is 0.379 e. The van der Waals surface area contributed by atoms with Crippen molar-refractivity contribution in [2.24, 2.45) is 11.7 Å². The number of hydrogen-bond acceptors (Lipinski definition) is 2. The van der Waals surface area contributed by atoms with Gasteiger partial charge in [0.15, 0.2) is 0 Å². The standard InChI is InChI=1S/C25H37NO/c1-17(2)22(26)25(27,20-13-9-18(10-14-20)23(3,4)5)21-15-11-19(12-16-21)24(6,7)8/h9-17,22,27H,26H2,1-8H3/t22-/m1/s1. The molecule has 0 aliphatic heterocycles. The number of rotatable bonds is 4. The lowest BCUT2D eigenvalue weighted by Crippen LogP contribution is -2.49. The van der Waals surface area contributed by atoms with Gasteiger partial charge in [-0.3, -0.25) is 0 Å². The predicted octanol–water partition coefficient (Wildman–Crippen LogP) is 5.50. The van der Waals surface area contributed by atoms with Crippen LogP contribution < -0.4 is 5.73 Å². The molecule has 0 fully saturated rings. The summed E-state index contributed by atoms with van der Waals surface area (Å²) in [6, 6.07) is 16.1. The fourth-order valence-electron chi connectivity index (χ4n) is 3.48. The van der Waals surface area contributed by atoms with Crippen LogP contribution in [0.15, 0.2) is 48.5 Å². The van der Waals surface area contributed by atoms with Gasteiger partial charge in [-0.05, 0) is 39.0 Å². The second-order valence-electron chi connectivity index (χ2n) is 10.2. The topological polar surface area (TPSA) is 46.2 Å². The molecule has 2 aromatic rings. The molecular formula is C25H37NO. The molecule has 0 spiro atoms. The van der Waals surface area contributed by atoms with E-state index in [0.717, 1.165) is 11.1 Å². The van der Waals surface area contributed by atoms with Gasteiger partial charge in [-0.1, -0.05) is 104 Å². The molecular weight excluding hydrogens is 330 g/mol. The Labute approximate surface area is 165 Å². The van der Waals surface area contributed by atoms with Crippen molar-refractivity contribution in [2.75, 3.05) is 0 Å². The minimum atomic E-state index is -1.22. The van der Waals surface area contributed by atoms with Gasteiger partial charge in [-0.25, -0.2) is 0 Å². The minimum absolute atomic E-state index is 0.0746. The maximum Gasteiger partial charge on any atom is 0.130 e. The van der Waals surface area contributed by atoms with Gasteiger partial charge in [0.1, 0.15) is 5.60 Å². The van der Waals surface area contributed by atoms with Crippen LogP contribution in [0.2, 0.25) is 0 Å². The Kier molecular flexibility index (Phi) is 5.94. The quantitative estimate of drug-likeness (QED) is 0.749. The second kappa shape index (κ2) is 7.41. The van der Waals surface area contributed by atoms with Crippen molar-refractivity contribution in [3.05, 3.63) is 70.8 Å². The van der Waals surface area contributed by atoms with Crippen molar-refractivity contribution in [1.82, 2.24) is 0 Å². The van der Waals surface area contributed by atoms with Gasteiger partial charge < -0.3 is 10.8 Å². The van der Waals surface area contributed by atoms with E-state index in [1.54, 1.807) is 0 Å². The highest BCUT2D eigenvalue weighted by molar-refractivity contribution is 5.42. The third kappa shape index (κ3) is 4.44. The lowest BCUT2D eigenvalue weighted by molar-refractivity contribution is 0.0353. The van der Waals surface area contributed by atoms with E-state index in [-0.39, 0.29) is 16.7 Å². The molecule has 0 bridgehead atoms. The summed E-state index contributed by atoms with van der Waals surface area (Å²) >= 11 is 0. The highest BCUT2D eigenvalue weighted by atomic mass is 16.3. The maximum atomic E-state index is 11.9. The van der Waals surface area contributed by atoms with Gasteiger partial charge in [-0.15, -0.1) is 0 Å². The first kappa shape index (κ1) is 21.7. The molecule has 2 nitrogen and oxygen atoms in total. The van der Waals surface area contributed by atoms with Crippen molar-refractivity contribution < 1.29 is 5.11 Å². The van der Waals surface area contributed by atoms with E-state index in [1.807, 2.05) is 24.3 Å². The Bertz CT molecular complexity index is 685. The van der Waals surface area contributed by atoms with Gasteiger partial charge in [0.25, 0.3) is 0 Å². The molecule has 2 heteroatoms. The first-order chi connectivity index (χ1) is 12.3. The third-order valence-corrected chi connectivity index (χ3v) is 5.58. The molecule has 148 valence electrons. The monoisotopic (exact) mass is 367 g/mol. The van der Waals surface area contributed by atoms with Crippen molar-refractivity contribution in [3.8, 4) is 0 Å². The summed E-state index contributed by atoms with van der Waals surface area (Å²) < 4.78 is 0. The highest BCUT2D eigenvalue weighted by Crippen LogP contribution is 2.37. The molecule has 0 saturated heterocycles. The van der Waals surface area contributed by atoms with Crippen LogP contribution in [0.4, 0.5) is 0 Å². The van der Waals surface area contributed by atoms with Gasteiger partial charge in [0.2, 0.25) is 0 Å². The molecule has 0 aliphatic carbocycles. The smallest absolute Gasteiger partial charge is 0.130 e. The molecule has 3 N–H and O–H groups in total. The number of hydrogen-bond donors (Lipinski definition) is 2. The van der Waals surface area contributed by atoms with E-state index in [9.17, 15) is 5.11 Å². The molecule has 0 amide bonds. The van der Waals surface area contributed by atoms with Gasteiger partial charge in [-0.2, -0.15) is 0 Å². The molecule has 27 heavy (non-hydrogen) atoms. The lowest BCUT2D eigenvalue weighted by atomic mass is 9.74. The number of benzene rings is 2. The zero-order chi connectivity index (χ0) is 20.6. The van der Waals surface area contributed by atoms with Crippen LogP contribution in [0.3, 0.4) is 0 Å². The van der Waals surface area contributed by atoms with Crippen LogP contribution in [0.5, 0.6) is 0 Å². The average molecular weight is 368 g/mol. The Morgan fingerprint density at radius 2 is 0.889 bits per heavy atom. The van der Waals surface area contributed by atoms with Crippen LogP contribution in [0.25, 0.3) is 0 Å². The normalized spacial score (nSPS) is 14.5.